The van der Waals surface area contributed by atoms with Crippen molar-refractivity contribution in [3.05, 3.63) is 76.7 Å². The van der Waals surface area contributed by atoms with Gasteiger partial charge in [-0.25, -0.2) is 4.57 Å². The largest absolute Gasteiger partial charge is 0.527 e. The molecular weight excluding hydrogens is 529 g/mol. The first-order valence-electron chi connectivity index (χ1n) is 14.4. The van der Waals surface area contributed by atoms with Crippen LogP contribution >= 0.6 is 19.2 Å². The van der Waals surface area contributed by atoms with Crippen LogP contribution in [0.1, 0.15) is 95.1 Å². The summed E-state index contributed by atoms with van der Waals surface area (Å²) >= 11 is 1.61. The molecule has 1 atom stereocenters. The average Bonchev–Trinajstić information content (AvgIpc) is 3.43. The molecule has 1 unspecified atom stereocenters. The van der Waals surface area contributed by atoms with Gasteiger partial charge in [0.05, 0.1) is 18.6 Å². The lowest BCUT2D eigenvalue weighted by atomic mass is 10.1. The summed E-state index contributed by atoms with van der Waals surface area (Å²) in [5.41, 5.74) is 3.72. The van der Waals surface area contributed by atoms with E-state index in [1.54, 1.807) is 29.5 Å². The molecule has 1 heterocycles. The Kier molecular flexibility index (Phi) is 14.6. The molecule has 0 saturated heterocycles. The first kappa shape index (κ1) is 31.3. The van der Waals surface area contributed by atoms with Gasteiger partial charge in [0.2, 0.25) is 5.51 Å². The summed E-state index contributed by atoms with van der Waals surface area (Å²) < 4.78 is 31.1. The van der Waals surface area contributed by atoms with Crippen LogP contribution in [0, 0.1) is 0 Å². The number of phosphoric acid groups is 1. The SMILES string of the molecule is CCCCCCCCCCCCCCOc1cccc(COP(=O)(O)Oc2cccc(C[n+]3ccsc3)c2)c1. The molecule has 214 valence electrons. The van der Waals surface area contributed by atoms with Crippen molar-refractivity contribution in [3.8, 4) is 11.5 Å². The van der Waals surface area contributed by atoms with Gasteiger partial charge in [0.15, 0.2) is 12.7 Å². The Morgan fingerprint density at radius 1 is 0.821 bits per heavy atom. The van der Waals surface area contributed by atoms with Gasteiger partial charge in [-0.15, -0.1) is 0 Å². The first-order chi connectivity index (χ1) is 19.0. The number of hydrogen-bond donors (Lipinski definition) is 1. The highest BCUT2D eigenvalue weighted by Gasteiger charge is 2.23. The molecule has 0 aliphatic heterocycles. The molecule has 0 radical (unpaired) electrons. The first-order valence-corrected chi connectivity index (χ1v) is 16.9. The summed E-state index contributed by atoms with van der Waals surface area (Å²) in [5.74, 6) is 1.04. The van der Waals surface area contributed by atoms with Crippen molar-refractivity contribution in [2.75, 3.05) is 6.61 Å². The highest BCUT2D eigenvalue weighted by molar-refractivity contribution is 7.47. The number of thiazole rings is 1. The van der Waals surface area contributed by atoms with E-state index in [1.165, 1.54) is 70.6 Å². The Bertz CT molecular complexity index is 1110. The van der Waals surface area contributed by atoms with Gasteiger partial charge in [0.25, 0.3) is 0 Å². The van der Waals surface area contributed by atoms with E-state index in [0.29, 0.717) is 18.9 Å². The molecule has 1 N–H and O–H groups in total. The van der Waals surface area contributed by atoms with E-state index in [1.807, 2.05) is 52.0 Å². The molecule has 0 amide bonds. The number of benzene rings is 2. The Morgan fingerprint density at radius 3 is 2.10 bits per heavy atom. The van der Waals surface area contributed by atoms with Crippen LogP contribution in [-0.2, 0) is 22.2 Å². The fraction of sp³-hybridized carbons (Fsp3) is 0.516. The second-order valence-corrected chi connectivity index (χ2v) is 12.2. The topological polar surface area (TPSA) is 68.9 Å². The maximum absolute atomic E-state index is 12.6. The summed E-state index contributed by atoms with van der Waals surface area (Å²) in [6, 6.07) is 14.6. The standard InChI is InChI=1S/C31H44NO5PS/c1-2-3-4-5-6-7-8-9-10-11-12-13-21-35-30-18-15-17-29(24-30)26-36-38(33,34)37-31-19-14-16-28(23-31)25-32-20-22-39-27-32/h14-20,22-24,27H,2-13,21,25-26H2,1H3/p+1. The van der Waals surface area contributed by atoms with Crippen molar-refractivity contribution in [3.63, 3.8) is 0 Å². The average molecular weight is 575 g/mol. The zero-order valence-corrected chi connectivity index (χ0v) is 25.1. The Morgan fingerprint density at radius 2 is 1.44 bits per heavy atom. The lowest BCUT2D eigenvalue weighted by molar-refractivity contribution is -0.683. The summed E-state index contributed by atoms with van der Waals surface area (Å²) in [4.78, 5) is 10.3. The molecule has 39 heavy (non-hydrogen) atoms. The van der Waals surface area contributed by atoms with E-state index in [2.05, 4.69) is 6.92 Å². The van der Waals surface area contributed by atoms with Crippen LogP contribution in [0.2, 0.25) is 0 Å². The van der Waals surface area contributed by atoms with E-state index in [-0.39, 0.29) is 6.61 Å². The van der Waals surface area contributed by atoms with Gasteiger partial charge in [-0.3, -0.25) is 9.42 Å². The molecule has 0 aliphatic rings. The van der Waals surface area contributed by atoms with Gasteiger partial charge < -0.3 is 9.26 Å². The highest BCUT2D eigenvalue weighted by Crippen LogP contribution is 2.44. The van der Waals surface area contributed by atoms with Gasteiger partial charge in [0.1, 0.15) is 11.5 Å². The molecular formula is C31H45NO5PS+. The van der Waals surface area contributed by atoms with Crippen LogP contribution in [0.4, 0.5) is 0 Å². The number of nitrogens with zero attached hydrogens (tertiary/aromatic N) is 1. The van der Waals surface area contributed by atoms with Crippen LogP contribution < -0.4 is 13.8 Å². The predicted molar refractivity (Wildman–Crippen MR) is 158 cm³/mol. The molecule has 0 spiro atoms. The minimum atomic E-state index is -4.28. The number of hydrogen-bond acceptors (Lipinski definition) is 5. The maximum Gasteiger partial charge on any atom is 0.527 e. The second kappa shape index (κ2) is 18.2. The lowest BCUT2D eigenvalue weighted by Crippen LogP contribution is -2.30. The number of rotatable bonds is 21. The Labute approximate surface area is 238 Å². The molecule has 2 aromatic carbocycles. The zero-order valence-electron chi connectivity index (χ0n) is 23.3. The Balaban J connectivity index is 1.29. The fourth-order valence-electron chi connectivity index (χ4n) is 4.44. The number of phosphoric ester groups is 1. The molecule has 3 aromatic rings. The van der Waals surface area contributed by atoms with E-state index in [4.69, 9.17) is 13.8 Å². The number of aromatic nitrogens is 1. The minimum absolute atomic E-state index is 0.0476. The van der Waals surface area contributed by atoms with Gasteiger partial charge in [-0.1, -0.05) is 113 Å². The van der Waals surface area contributed by atoms with Crippen molar-refractivity contribution in [1.29, 1.82) is 0 Å². The Hall–Kier alpha value is -2.18. The highest BCUT2D eigenvalue weighted by atomic mass is 32.1. The third-order valence-electron chi connectivity index (χ3n) is 6.57. The quantitative estimate of drug-likeness (QED) is 0.0782. The fourth-order valence-corrected chi connectivity index (χ4v) is 5.78. The van der Waals surface area contributed by atoms with Crippen LogP contribution in [0.3, 0.4) is 0 Å². The summed E-state index contributed by atoms with van der Waals surface area (Å²) in [6.45, 7) is 3.54. The van der Waals surface area contributed by atoms with Crippen LogP contribution in [0.5, 0.6) is 11.5 Å². The zero-order chi connectivity index (χ0) is 27.6. The summed E-state index contributed by atoms with van der Waals surface area (Å²) in [6.07, 6.45) is 17.7. The predicted octanol–water partition coefficient (Wildman–Crippen LogP) is 8.86. The molecule has 0 saturated carbocycles. The van der Waals surface area contributed by atoms with Crippen LogP contribution in [0.25, 0.3) is 0 Å². The summed E-state index contributed by atoms with van der Waals surface area (Å²) in [5, 5.41) is 2.00. The number of ether oxygens (including phenoxy) is 1. The van der Waals surface area contributed by atoms with Gasteiger partial charge in [-0.05, 0) is 36.2 Å². The smallest absolute Gasteiger partial charge is 0.494 e. The molecule has 1 aromatic heterocycles. The van der Waals surface area contributed by atoms with E-state index in [0.717, 1.165) is 23.3 Å². The summed E-state index contributed by atoms with van der Waals surface area (Å²) in [7, 11) is -4.28. The lowest BCUT2D eigenvalue weighted by Gasteiger charge is -2.14. The second-order valence-electron chi connectivity index (χ2n) is 10.1. The van der Waals surface area contributed by atoms with Crippen molar-refractivity contribution in [2.24, 2.45) is 0 Å². The molecule has 0 fully saturated rings. The van der Waals surface area contributed by atoms with Crippen molar-refractivity contribution in [1.82, 2.24) is 0 Å². The van der Waals surface area contributed by atoms with Gasteiger partial charge in [-0.2, -0.15) is 4.57 Å². The third-order valence-corrected chi connectivity index (χ3v) is 8.14. The molecule has 8 heteroatoms. The normalized spacial score (nSPS) is 12.8. The van der Waals surface area contributed by atoms with Crippen LogP contribution in [-0.4, -0.2) is 11.5 Å². The van der Waals surface area contributed by atoms with Crippen molar-refractivity contribution >= 4 is 19.2 Å². The van der Waals surface area contributed by atoms with E-state index < -0.39 is 7.82 Å². The molecule has 0 aliphatic carbocycles. The monoisotopic (exact) mass is 574 g/mol. The molecule has 6 nitrogen and oxygen atoms in total. The minimum Gasteiger partial charge on any atom is -0.494 e. The third kappa shape index (κ3) is 13.6. The van der Waals surface area contributed by atoms with Crippen LogP contribution in [0.15, 0.2) is 65.6 Å². The molecule has 3 rings (SSSR count). The van der Waals surface area contributed by atoms with E-state index in [9.17, 15) is 9.46 Å². The van der Waals surface area contributed by atoms with E-state index >= 15 is 0 Å². The van der Waals surface area contributed by atoms with Crippen molar-refractivity contribution in [2.45, 2.75) is 97.1 Å². The maximum atomic E-state index is 12.6. The van der Waals surface area contributed by atoms with Gasteiger partial charge >= 0.3 is 7.82 Å². The van der Waals surface area contributed by atoms with Gasteiger partial charge in [0, 0.05) is 5.56 Å². The van der Waals surface area contributed by atoms with Crippen molar-refractivity contribution < 1.29 is 27.8 Å². The number of unbranched alkanes of at least 4 members (excludes halogenated alkanes) is 11. The molecule has 0 bridgehead atoms.